The van der Waals surface area contributed by atoms with E-state index in [0.29, 0.717) is 22.7 Å². The third kappa shape index (κ3) is 5.88. The fourth-order valence-electron chi connectivity index (χ4n) is 5.26. The maximum absolute atomic E-state index is 13.7. The molecule has 0 bridgehead atoms. The van der Waals surface area contributed by atoms with Crippen LogP contribution >= 0.6 is 0 Å². The third-order valence-corrected chi connectivity index (χ3v) is 7.48. The number of Topliss-reactive ketones (excluding diaryl/α,β-unsaturated/α-hetero) is 1. The number of carbonyl (C=O) groups excluding carboxylic acids is 2. The number of aliphatic hydroxyl groups excluding tert-OH is 1. The van der Waals surface area contributed by atoms with Gasteiger partial charge in [0.25, 0.3) is 11.7 Å². The Morgan fingerprint density at radius 1 is 0.927 bits per heavy atom. The zero-order valence-electron chi connectivity index (χ0n) is 25.5. The Morgan fingerprint density at radius 3 is 2.05 bits per heavy atom. The monoisotopic (exact) mass is 555 g/mol. The Balaban J connectivity index is 1.94. The first-order valence-electron chi connectivity index (χ1n) is 14.1. The summed E-state index contributed by atoms with van der Waals surface area (Å²) in [5.74, 6) is -0.112. The Morgan fingerprint density at radius 2 is 1.54 bits per heavy atom. The van der Waals surface area contributed by atoms with Gasteiger partial charge in [0, 0.05) is 11.3 Å². The summed E-state index contributed by atoms with van der Waals surface area (Å²) < 4.78 is 11.4. The molecule has 1 fully saturated rings. The van der Waals surface area contributed by atoms with Gasteiger partial charge in [-0.1, -0.05) is 58.9 Å². The summed E-state index contributed by atoms with van der Waals surface area (Å²) in [7, 11) is 1.62. The van der Waals surface area contributed by atoms with Crippen LogP contribution in [0.15, 0.2) is 66.2 Å². The van der Waals surface area contributed by atoms with Gasteiger partial charge in [-0.15, -0.1) is 0 Å². The van der Waals surface area contributed by atoms with Crippen molar-refractivity contribution in [3.8, 4) is 11.5 Å². The molecule has 6 nitrogen and oxygen atoms in total. The molecular formula is C35H41NO5. The molecule has 216 valence electrons. The Bertz CT molecular complexity index is 1470. The summed E-state index contributed by atoms with van der Waals surface area (Å²) in [6, 6.07) is 17.9. The molecule has 0 saturated carbocycles. The molecule has 41 heavy (non-hydrogen) atoms. The predicted molar refractivity (Wildman–Crippen MR) is 164 cm³/mol. The second-order valence-corrected chi connectivity index (χ2v) is 12.3. The summed E-state index contributed by atoms with van der Waals surface area (Å²) in [6.45, 7) is 16.2. The molecule has 0 radical (unpaired) electrons. The number of hydrogen-bond donors (Lipinski definition) is 1. The van der Waals surface area contributed by atoms with Gasteiger partial charge in [0.05, 0.1) is 24.8 Å². The van der Waals surface area contributed by atoms with Crippen molar-refractivity contribution in [1.82, 2.24) is 0 Å². The van der Waals surface area contributed by atoms with Gasteiger partial charge in [-0.3, -0.25) is 14.5 Å². The van der Waals surface area contributed by atoms with Gasteiger partial charge in [0.1, 0.15) is 17.3 Å². The summed E-state index contributed by atoms with van der Waals surface area (Å²) in [4.78, 5) is 28.9. The van der Waals surface area contributed by atoms with Gasteiger partial charge >= 0.3 is 0 Å². The average molecular weight is 556 g/mol. The van der Waals surface area contributed by atoms with E-state index >= 15 is 0 Å². The predicted octanol–water partition coefficient (Wildman–Crippen LogP) is 7.84. The van der Waals surface area contributed by atoms with Gasteiger partial charge in [-0.05, 0) is 90.8 Å². The molecule has 6 heteroatoms. The Hall–Kier alpha value is -4.06. The lowest BCUT2D eigenvalue weighted by atomic mass is 9.85. The van der Waals surface area contributed by atoms with Gasteiger partial charge in [-0.25, -0.2) is 0 Å². The van der Waals surface area contributed by atoms with Gasteiger partial charge in [0.2, 0.25) is 0 Å². The van der Waals surface area contributed by atoms with E-state index in [0.717, 1.165) is 22.3 Å². The molecule has 1 heterocycles. The van der Waals surface area contributed by atoms with Crippen molar-refractivity contribution >= 4 is 23.1 Å². The number of rotatable bonds is 7. The van der Waals surface area contributed by atoms with E-state index in [2.05, 4.69) is 20.8 Å². The lowest BCUT2D eigenvalue weighted by Gasteiger charge is -2.27. The van der Waals surface area contributed by atoms with Crippen LogP contribution in [0.2, 0.25) is 0 Å². The number of aryl methyl sites for hydroxylation is 1. The van der Waals surface area contributed by atoms with Crippen LogP contribution in [-0.4, -0.2) is 30.0 Å². The van der Waals surface area contributed by atoms with E-state index in [9.17, 15) is 14.7 Å². The van der Waals surface area contributed by atoms with Crippen molar-refractivity contribution in [2.75, 3.05) is 12.0 Å². The minimum Gasteiger partial charge on any atom is -0.507 e. The van der Waals surface area contributed by atoms with Crippen molar-refractivity contribution in [3.05, 3.63) is 94.1 Å². The minimum atomic E-state index is -0.815. The van der Waals surface area contributed by atoms with Crippen LogP contribution in [0.4, 0.5) is 5.69 Å². The molecule has 1 aliphatic heterocycles. The highest BCUT2D eigenvalue weighted by atomic mass is 16.5. The molecule has 4 rings (SSSR count). The summed E-state index contributed by atoms with van der Waals surface area (Å²) in [5.41, 5.74) is 4.54. The maximum atomic E-state index is 13.7. The summed E-state index contributed by atoms with van der Waals surface area (Å²) >= 11 is 0. The first-order valence-corrected chi connectivity index (χ1v) is 14.1. The molecule has 1 N–H and O–H groups in total. The quantitative estimate of drug-likeness (QED) is 0.183. The van der Waals surface area contributed by atoms with Gasteiger partial charge in [0.15, 0.2) is 0 Å². The highest BCUT2D eigenvalue weighted by Crippen LogP contribution is 2.44. The van der Waals surface area contributed by atoms with Crippen LogP contribution < -0.4 is 14.4 Å². The Kier molecular flexibility index (Phi) is 8.34. The number of amides is 1. The first kappa shape index (κ1) is 29.9. The van der Waals surface area contributed by atoms with E-state index in [4.69, 9.17) is 9.47 Å². The summed E-state index contributed by atoms with van der Waals surface area (Å²) in [5, 5.41) is 11.8. The highest BCUT2D eigenvalue weighted by molar-refractivity contribution is 6.51. The second kappa shape index (κ2) is 11.4. The molecule has 1 unspecified atom stereocenters. The number of hydrogen-bond acceptors (Lipinski definition) is 5. The number of ketones is 1. The number of nitrogens with zero attached hydrogens (tertiary/aromatic N) is 1. The van der Waals surface area contributed by atoms with Crippen LogP contribution in [0.5, 0.6) is 11.5 Å². The normalized spacial score (nSPS) is 17.0. The van der Waals surface area contributed by atoms with Crippen LogP contribution in [0.25, 0.3) is 5.76 Å². The molecular weight excluding hydrogens is 514 g/mol. The molecule has 1 saturated heterocycles. The average Bonchev–Trinajstić information content (AvgIpc) is 3.17. The van der Waals surface area contributed by atoms with Crippen LogP contribution in [0, 0.1) is 6.92 Å². The standard InChI is InChI=1S/C35H41NO5/c1-20(2)27-19-28(22(5)18-29(27)40-9)32(37)30-31(23-10-12-24(13-11-23)35(6,7)8)36(34(39)33(30)38)25-14-16-26(17-15-25)41-21(3)4/h10-21,31,37H,1-9H3/b32-30+. The fourth-order valence-corrected chi connectivity index (χ4v) is 5.26. The van der Waals surface area contributed by atoms with Gasteiger partial charge < -0.3 is 14.6 Å². The second-order valence-electron chi connectivity index (χ2n) is 12.3. The third-order valence-electron chi connectivity index (χ3n) is 7.48. The van der Waals surface area contributed by atoms with E-state index < -0.39 is 17.7 Å². The number of carbonyl (C=O) groups is 2. The topological polar surface area (TPSA) is 76.1 Å². The number of benzene rings is 3. The largest absolute Gasteiger partial charge is 0.507 e. The smallest absolute Gasteiger partial charge is 0.300 e. The molecule has 1 amide bonds. The lowest BCUT2D eigenvalue weighted by molar-refractivity contribution is -0.132. The minimum absolute atomic E-state index is 0.000115. The van der Waals surface area contributed by atoms with Crippen molar-refractivity contribution < 1.29 is 24.2 Å². The van der Waals surface area contributed by atoms with Crippen molar-refractivity contribution in [2.45, 2.75) is 78.9 Å². The lowest BCUT2D eigenvalue weighted by Crippen LogP contribution is -2.29. The van der Waals surface area contributed by atoms with Gasteiger partial charge in [-0.2, -0.15) is 0 Å². The molecule has 0 spiro atoms. The van der Waals surface area contributed by atoms with E-state index in [1.165, 1.54) is 4.90 Å². The molecule has 1 atom stereocenters. The number of aliphatic hydroxyl groups is 1. The number of anilines is 1. The molecule has 1 aliphatic rings. The number of methoxy groups -OCH3 is 1. The molecule has 3 aromatic carbocycles. The zero-order chi connectivity index (χ0) is 30.2. The van der Waals surface area contributed by atoms with Crippen molar-refractivity contribution in [2.24, 2.45) is 0 Å². The van der Waals surface area contributed by atoms with E-state index in [-0.39, 0.29) is 28.8 Å². The van der Waals surface area contributed by atoms with E-state index in [1.54, 1.807) is 31.4 Å². The number of ether oxygens (including phenoxy) is 2. The highest BCUT2D eigenvalue weighted by Gasteiger charge is 2.47. The summed E-state index contributed by atoms with van der Waals surface area (Å²) in [6.07, 6.45) is -0.000115. The van der Waals surface area contributed by atoms with Crippen LogP contribution in [0.1, 0.15) is 88.2 Å². The SMILES string of the molecule is COc1cc(C)c(/C(O)=C2\C(=O)C(=O)N(c3ccc(OC(C)C)cc3)C2c2ccc(C(C)(C)C)cc2)cc1C(C)C. The zero-order valence-corrected chi connectivity index (χ0v) is 25.5. The molecule has 0 aliphatic carbocycles. The van der Waals surface area contributed by atoms with Crippen molar-refractivity contribution in [1.29, 1.82) is 0 Å². The Labute approximate surface area is 243 Å². The van der Waals surface area contributed by atoms with E-state index in [1.807, 2.05) is 71.0 Å². The van der Waals surface area contributed by atoms with Crippen LogP contribution in [-0.2, 0) is 15.0 Å². The fraction of sp³-hybridized carbons (Fsp3) is 0.371. The molecule has 0 aromatic heterocycles. The maximum Gasteiger partial charge on any atom is 0.300 e. The first-order chi connectivity index (χ1) is 19.2. The van der Waals surface area contributed by atoms with Crippen LogP contribution in [0.3, 0.4) is 0 Å². The molecule has 3 aromatic rings. The van der Waals surface area contributed by atoms with Crippen molar-refractivity contribution in [3.63, 3.8) is 0 Å².